The van der Waals surface area contributed by atoms with Gasteiger partial charge in [0.1, 0.15) is 5.82 Å². The van der Waals surface area contributed by atoms with E-state index < -0.39 is 0 Å². The number of benzene rings is 1. The highest BCUT2D eigenvalue weighted by Crippen LogP contribution is 2.34. The number of rotatable bonds is 2. The smallest absolute Gasteiger partial charge is 0.153 e. The predicted molar refractivity (Wildman–Crippen MR) is 76.4 cm³/mol. The Kier molecular flexibility index (Phi) is 2.95. The molecule has 1 aromatic carbocycles. The number of halogens is 1. The van der Waals surface area contributed by atoms with Crippen molar-refractivity contribution in [2.75, 3.05) is 5.73 Å². The van der Waals surface area contributed by atoms with E-state index in [0.717, 1.165) is 27.9 Å². The van der Waals surface area contributed by atoms with Crippen LogP contribution in [0.5, 0.6) is 0 Å². The minimum Gasteiger partial charge on any atom is -0.382 e. The van der Waals surface area contributed by atoms with Gasteiger partial charge in [0.15, 0.2) is 5.82 Å². The molecule has 5 heteroatoms. The number of anilines is 1. The topological polar surface area (TPSA) is 67.6 Å². The summed E-state index contributed by atoms with van der Waals surface area (Å²) in [6.45, 7) is 1.97. The molecular formula is C15H13FN4. The van der Waals surface area contributed by atoms with Gasteiger partial charge in [-0.05, 0) is 36.2 Å². The number of nitrogens with two attached hydrogens (primary N) is 1. The quantitative estimate of drug-likeness (QED) is 0.750. The molecule has 0 amide bonds. The van der Waals surface area contributed by atoms with E-state index in [1.807, 2.05) is 13.0 Å². The molecule has 0 unspecified atom stereocenters. The van der Waals surface area contributed by atoms with Crippen LogP contribution in [0.3, 0.4) is 0 Å². The fourth-order valence-electron chi connectivity index (χ4n) is 2.17. The van der Waals surface area contributed by atoms with Crippen molar-refractivity contribution in [1.29, 1.82) is 0 Å². The number of aromatic nitrogens is 3. The van der Waals surface area contributed by atoms with Gasteiger partial charge in [0.05, 0.1) is 11.3 Å². The molecule has 0 atom stereocenters. The van der Waals surface area contributed by atoms with Crippen LogP contribution in [0.25, 0.3) is 22.4 Å². The Morgan fingerprint density at radius 3 is 2.55 bits per heavy atom. The first-order chi connectivity index (χ1) is 9.65. The monoisotopic (exact) mass is 268 g/mol. The van der Waals surface area contributed by atoms with Crippen LogP contribution in [0.4, 0.5) is 10.2 Å². The molecule has 0 aliphatic rings. The van der Waals surface area contributed by atoms with Gasteiger partial charge >= 0.3 is 0 Å². The zero-order valence-corrected chi connectivity index (χ0v) is 10.9. The van der Waals surface area contributed by atoms with Gasteiger partial charge in [-0.15, -0.1) is 0 Å². The molecule has 0 fully saturated rings. The van der Waals surface area contributed by atoms with Gasteiger partial charge in [-0.3, -0.25) is 10.1 Å². The molecule has 2 aromatic heterocycles. The highest BCUT2D eigenvalue weighted by Gasteiger charge is 2.15. The van der Waals surface area contributed by atoms with E-state index in [9.17, 15) is 4.39 Å². The molecule has 3 rings (SSSR count). The second kappa shape index (κ2) is 4.77. The number of nitrogens with one attached hydrogen (secondary N) is 1. The highest BCUT2D eigenvalue weighted by molar-refractivity contribution is 5.87. The van der Waals surface area contributed by atoms with E-state index >= 15 is 0 Å². The largest absolute Gasteiger partial charge is 0.382 e. The van der Waals surface area contributed by atoms with Crippen molar-refractivity contribution in [2.24, 2.45) is 0 Å². The summed E-state index contributed by atoms with van der Waals surface area (Å²) in [5.41, 5.74) is 10.2. The second-order valence-corrected chi connectivity index (χ2v) is 4.62. The average molecular weight is 268 g/mol. The minimum atomic E-state index is -0.283. The maximum absolute atomic E-state index is 13.0. The Labute approximate surface area is 115 Å². The molecule has 0 saturated heterocycles. The average Bonchev–Trinajstić information content (AvgIpc) is 2.82. The maximum Gasteiger partial charge on any atom is 0.153 e. The molecule has 4 nitrogen and oxygen atoms in total. The first-order valence-electron chi connectivity index (χ1n) is 6.17. The molecule has 2 heterocycles. The SMILES string of the molecule is Cc1cncc(-c2[nH]nc(N)c2-c2ccc(F)cc2)c1. The molecule has 20 heavy (non-hydrogen) atoms. The Hall–Kier alpha value is -2.69. The van der Waals surface area contributed by atoms with Gasteiger partial charge in [-0.2, -0.15) is 5.10 Å². The van der Waals surface area contributed by atoms with E-state index in [4.69, 9.17) is 5.73 Å². The number of hydrogen-bond acceptors (Lipinski definition) is 3. The van der Waals surface area contributed by atoms with Gasteiger partial charge in [0, 0.05) is 18.0 Å². The predicted octanol–water partition coefficient (Wildman–Crippen LogP) is 3.17. The maximum atomic E-state index is 13.0. The van der Waals surface area contributed by atoms with E-state index in [1.165, 1.54) is 12.1 Å². The van der Waals surface area contributed by atoms with E-state index in [0.29, 0.717) is 5.82 Å². The molecule has 3 aromatic rings. The first kappa shape index (κ1) is 12.3. The zero-order chi connectivity index (χ0) is 14.1. The molecule has 0 saturated carbocycles. The number of nitrogens with zero attached hydrogens (tertiary/aromatic N) is 2. The van der Waals surface area contributed by atoms with Crippen molar-refractivity contribution < 1.29 is 4.39 Å². The third kappa shape index (κ3) is 2.14. The van der Waals surface area contributed by atoms with Crippen LogP contribution in [0.2, 0.25) is 0 Å². The molecule has 0 radical (unpaired) electrons. The number of nitrogen functional groups attached to an aromatic ring is 1. The van der Waals surface area contributed by atoms with Crippen molar-refractivity contribution in [3.8, 4) is 22.4 Å². The Morgan fingerprint density at radius 1 is 1.10 bits per heavy atom. The number of aryl methyl sites for hydroxylation is 1. The number of hydrogen-bond donors (Lipinski definition) is 2. The summed E-state index contributed by atoms with van der Waals surface area (Å²) in [7, 11) is 0. The van der Waals surface area contributed by atoms with Crippen LogP contribution in [0.1, 0.15) is 5.56 Å². The fraction of sp³-hybridized carbons (Fsp3) is 0.0667. The Morgan fingerprint density at radius 2 is 1.85 bits per heavy atom. The summed E-state index contributed by atoms with van der Waals surface area (Å²) in [5.74, 6) is 0.0997. The van der Waals surface area contributed by atoms with Crippen molar-refractivity contribution in [1.82, 2.24) is 15.2 Å². The summed E-state index contributed by atoms with van der Waals surface area (Å²) in [5, 5.41) is 6.97. The van der Waals surface area contributed by atoms with E-state index in [-0.39, 0.29) is 5.82 Å². The Balaban J connectivity index is 2.17. The highest BCUT2D eigenvalue weighted by atomic mass is 19.1. The fourth-order valence-corrected chi connectivity index (χ4v) is 2.17. The van der Waals surface area contributed by atoms with Crippen molar-refractivity contribution in [3.63, 3.8) is 0 Å². The van der Waals surface area contributed by atoms with Crippen LogP contribution < -0.4 is 5.73 Å². The third-order valence-corrected chi connectivity index (χ3v) is 3.09. The standard InChI is InChI=1S/C15H13FN4/c1-9-6-11(8-18-7-9)14-13(15(17)20-19-14)10-2-4-12(16)5-3-10/h2-8H,1H3,(H3,17,19,20). The minimum absolute atomic E-state index is 0.283. The lowest BCUT2D eigenvalue weighted by atomic mass is 10.0. The van der Waals surface area contributed by atoms with Crippen LogP contribution in [0, 0.1) is 12.7 Å². The Bertz CT molecular complexity index is 747. The van der Waals surface area contributed by atoms with Crippen LogP contribution in [-0.4, -0.2) is 15.2 Å². The van der Waals surface area contributed by atoms with Crippen LogP contribution in [0.15, 0.2) is 42.7 Å². The lowest BCUT2D eigenvalue weighted by Crippen LogP contribution is -1.90. The molecule has 100 valence electrons. The number of H-pyrrole nitrogens is 1. The van der Waals surface area contributed by atoms with Gasteiger partial charge in [-0.25, -0.2) is 4.39 Å². The van der Waals surface area contributed by atoms with Gasteiger partial charge in [-0.1, -0.05) is 12.1 Å². The lowest BCUT2D eigenvalue weighted by Gasteiger charge is -2.05. The van der Waals surface area contributed by atoms with E-state index in [2.05, 4.69) is 15.2 Å². The van der Waals surface area contributed by atoms with Gasteiger partial charge in [0.2, 0.25) is 0 Å². The number of aromatic amines is 1. The van der Waals surface area contributed by atoms with Crippen molar-refractivity contribution >= 4 is 5.82 Å². The van der Waals surface area contributed by atoms with Crippen LogP contribution in [-0.2, 0) is 0 Å². The molecule has 0 bridgehead atoms. The summed E-state index contributed by atoms with van der Waals surface area (Å²) >= 11 is 0. The summed E-state index contributed by atoms with van der Waals surface area (Å²) in [6, 6.07) is 8.17. The van der Waals surface area contributed by atoms with Gasteiger partial charge < -0.3 is 5.73 Å². The normalized spacial score (nSPS) is 10.7. The number of pyridine rings is 1. The molecule has 0 aliphatic carbocycles. The lowest BCUT2D eigenvalue weighted by molar-refractivity contribution is 0.628. The second-order valence-electron chi connectivity index (χ2n) is 4.62. The molecular weight excluding hydrogens is 255 g/mol. The molecule has 0 aliphatic heterocycles. The van der Waals surface area contributed by atoms with Gasteiger partial charge in [0.25, 0.3) is 0 Å². The van der Waals surface area contributed by atoms with Crippen LogP contribution >= 0.6 is 0 Å². The third-order valence-electron chi connectivity index (χ3n) is 3.09. The van der Waals surface area contributed by atoms with E-state index in [1.54, 1.807) is 24.5 Å². The molecule has 3 N–H and O–H groups in total. The summed E-state index contributed by atoms with van der Waals surface area (Å²) in [6.07, 6.45) is 3.52. The summed E-state index contributed by atoms with van der Waals surface area (Å²) in [4.78, 5) is 4.17. The first-order valence-corrected chi connectivity index (χ1v) is 6.17. The van der Waals surface area contributed by atoms with Crippen molar-refractivity contribution in [3.05, 3.63) is 54.1 Å². The zero-order valence-electron chi connectivity index (χ0n) is 10.9. The molecule has 0 spiro atoms. The summed E-state index contributed by atoms with van der Waals surface area (Å²) < 4.78 is 13.0. The van der Waals surface area contributed by atoms with Crippen molar-refractivity contribution in [2.45, 2.75) is 6.92 Å².